The van der Waals surface area contributed by atoms with Gasteiger partial charge in [0.2, 0.25) is 0 Å². The Labute approximate surface area is 85.7 Å². The Hall–Kier alpha value is -0.530. The molecule has 2 fully saturated rings. The lowest BCUT2D eigenvalue weighted by molar-refractivity contribution is -0.138. The Bertz CT molecular complexity index is 271. The number of rotatable bonds is 3. The van der Waals surface area contributed by atoms with Gasteiger partial charge < -0.3 is 5.11 Å². The van der Waals surface area contributed by atoms with Gasteiger partial charge in [-0.15, -0.1) is 0 Å². The first-order valence-electron chi connectivity index (χ1n) is 5.46. The normalized spacial score (nSPS) is 31.1. The molecule has 2 aliphatic carbocycles. The third-order valence-corrected chi connectivity index (χ3v) is 5.03. The van der Waals surface area contributed by atoms with Crippen molar-refractivity contribution in [1.29, 1.82) is 0 Å². The molecule has 2 nitrogen and oxygen atoms in total. The summed E-state index contributed by atoms with van der Waals surface area (Å²) in [5.41, 5.74) is 0.816. The van der Waals surface area contributed by atoms with Crippen LogP contribution in [0.4, 0.5) is 0 Å². The highest BCUT2D eigenvalue weighted by Crippen LogP contribution is 2.80. The standard InChI is InChI=1S/C12H20O2/c1-10(2)9(11(10,3)4)12(5-6-12)7-8(13)14/h9H,5-7H2,1-4H3,(H,13,14). The molecule has 0 bridgehead atoms. The number of carboxylic acid groups (broad SMARTS) is 1. The minimum Gasteiger partial charge on any atom is -0.481 e. The number of hydrogen-bond acceptors (Lipinski definition) is 1. The highest BCUT2D eigenvalue weighted by molar-refractivity contribution is 5.68. The zero-order valence-corrected chi connectivity index (χ0v) is 9.55. The first kappa shape index (κ1) is 10.0. The van der Waals surface area contributed by atoms with E-state index in [4.69, 9.17) is 5.11 Å². The van der Waals surface area contributed by atoms with Crippen molar-refractivity contribution in [3.8, 4) is 0 Å². The molecular formula is C12H20O2. The zero-order chi connectivity index (χ0) is 10.8. The SMILES string of the molecule is CC1(C)C(C2(CC(=O)O)CC2)C1(C)C. The van der Waals surface area contributed by atoms with Gasteiger partial charge in [0, 0.05) is 0 Å². The molecule has 14 heavy (non-hydrogen) atoms. The highest BCUT2D eigenvalue weighted by atomic mass is 16.4. The summed E-state index contributed by atoms with van der Waals surface area (Å²) in [6, 6.07) is 0. The van der Waals surface area contributed by atoms with Crippen molar-refractivity contribution >= 4 is 5.97 Å². The van der Waals surface area contributed by atoms with Crippen molar-refractivity contribution in [3.63, 3.8) is 0 Å². The van der Waals surface area contributed by atoms with Crippen molar-refractivity contribution in [2.24, 2.45) is 22.2 Å². The molecule has 2 aliphatic rings. The predicted molar refractivity (Wildman–Crippen MR) is 55.0 cm³/mol. The zero-order valence-electron chi connectivity index (χ0n) is 9.55. The summed E-state index contributed by atoms with van der Waals surface area (Å²) in [4.78, 5) is 10.8. The summed E-state index contributed by atoms with van der Waals surface area (Å²) in [5, 5.41) is 8.91. The van der Waals surface area contributed by atoms with Gasteiger partial charge in [-0.2, -0.15) is 0 Å². The third kappa shape index (κ3) is 1.06. The first-order chi connectivity index (χ1) is 6.24. The van der Waals surface area contributed by atoms with E-state index in [1.165, 1.54) is 0 Å². The monoisotopic (exact) mass is 196 g/mol. The van der Waals surface area contributed by atoms with E-state index in [1.54, 1.807) is 0 Å². The lowest BCUT2D eigenvalue weighted by Gasteiger charge is -2.14. The molecular weight excluding hydrogens is 176 g/mol. The molecule has 0 aromatic carbocycles. The molecule has 0 aromatic rings. The average molecular weight is 196 g/mol. The fourth-order valence-corrected chi connectivity index (χ4v) is 3.76. The number of carbonyl (C=O) groups is 1. The van der Waals surface area contributed by atoms with Gasteiger partial charge in [-0.25, -0.2) is 0 Å². The van der Waals surface area contributed by atoms with E-state index in [2.05, 4.69) is 27.7 Å². The van der Waals surface area contributed by atoms with Crippen LogP contribution in [0.1, 0.15) is 47.0 Å². The van der Waals surface area contributed by atoms with E-state index in [0.29, 0.717) is 23.2 Å². The summed E-state index contributed by atoms with van der Waals surface area (Å²) >= 11 is 0. The fourth-order valence-electron chi connectivity index (χ4n) is 3.76. The minimum atomic E-state index is -0.624. The smallest absolute Gasteiger partial charge is 0.303 e. The van der Waals surface area contributed by atoms with Crippen LogP contribution in [-0.4, -0.2) is 11.1 Å². The summed E-state index contributed by atoms with van der Waals surface area (Å²) in [6.45, 7) is 9.11. The predicted octanol–water partition coefficient (Wildman–Crippen LogP) is 2.92. The second kappa shape index (κ2) is 2.34. The van der Waals surface area contributed by atoms with Gasteiger partial charge in [0.15, 0.2) is 0 Å². The van der Waals surface area contributed by atoms with E-state index in [1.807, 2.05) is 0 Å². The van der Waals surface area contributed by atoms with Crippen molar-refractivity contribution in [3.05, 3.63) is 0 Å². The van der Waals surface area contributed by atoms with Crippen LogP contribution in [0.25, 0.3) is 0 Å². The fraction of sp³-hybridized carbons (Fsp3) is 0.917. The van der Waals surface area contributed by atoms with E-state index in [9.17, 15) is 4.79 Å². The molecule has 0 unspecified atom stereocenters. The van der Waals surface area contributed by atoms with Crippen LogP contribution >= 0.6 is 0 Å². The topological polar surface area (TPSA) is 37.3 Å². The maximum atomic E-state index is 10.8. The summed E-state index contributed by atoms with van der Waals surface area (Å²) in [7, 11) is 0. The van der Waals surface area contributed by atoms with E-state index >= 15 is 0 Å². The molecule has 0 saturated heterocycles. The molecule has 2 rings (SSSR count). The maximum absolute atomic E-state index is 10.8. The molecule has 0 heterocycles. The minimum absolute atomic E-state index is 0.152. The van der Waals surface area contributed by atoms with Gasteiger partial charge in [0.05, 0.1) is 6.42 Å². The molecule has 0 atom stereocenters. The Morgan fingerprint density at radius 3 is 1.86 bits per heavy atom. The van der Waals surface area contributed by atoms with Crippen LogP contribution in [0.15, 0.2) is 0 Å². The van der Waals surface area contributed by atoms with Crippen LogP contribution in [0.3, 0.4) is 0 Å². The van der Waals surface area contributed by atoms with Crippen LogP contribution in [0.5, 0.6) is 0 Å². The van der Waals surface area contributed by atoms with Crippen molar-refractivity contribution < 1.29 is 9.90 Å². The second-order valence-corrected chi connectivity index (χ2v) is 6.31. The lowest BCUT2D eigenvalue weighted by Crippen LogP contribution is -2.14. The average Bonchev–Trinajstić information content (AvgIpc) is 2.73. The van der Waals surface area contributed by atoms with Gasteiger partial charge >= 0.3 is 5.97 Å². The van der Waals surface area contributed by atoms with Gasteiger partial charge in [-0.1, -0.05) is 27.7 Å². The lowest BCUT2D eigenvalue weighted by atomic mass is 9.90. The number of hydrogen-bond donors (Lipinski definition) is 1. The molecule has 2 heteroatoms. The second-order valence-electron chi connectivity index (χ2n) is 6.31. The third-order valence-electron chi connectivity index (χ3n) is 5.03. The molecule has 80 valence electrons. The van der Waals surface area contributed by atoms with E-state index < -0.39 is 5.97 Å². The molecule has 1 N–H and O–H groups in total. The molecule has 0 spiro atoms. The van der Waals surface area contributed by atoms with E-state index in [0.717, 1.165) is 12.8 Å². The number of aliphatic carboxylic acids is 1. The Morgan fingerprint density at radius 1 is 1.21 bits per heavy atom. The first-order valence-corrected chi connectivity index (χ1v) is 5.46. The van der Waals surface area contributed by atoms with Crippen LogP contribution in [0.2, 0.25) is 0 Å². The molecule has 0 aromatic heterocycles. The Morgan fingerprint density at radius 2 is 1.64 bits per heavy atom. The van der Waals surface area contributed by atoms with Crippen molar-refractivity contribution in [2.75, 3.05) is 0 Å². The van der Waals surface area contributed by atoms with E-state index in [-0.39, 0.29) is 5.41 Å². The van der Waals surface area contributed by atoms with Crippen LogP contribution in [-0.2, 0) is 4.79 Å². The Balaban J connectivity index is 2.15. The molecule has 0 aliphatic heterocycles. The molecule has 0 amide bonds. The Kier molecular flexibility index (Phi) is 1.67. The summed E-state index contributed by atoms with van der Waals surface area (Å²) in [6.07, 6.45) is 2.62. The largest absolute Gasteiger partial charge is 0.481 e. The van der Waals surface area contributed by atoms with Crippen LogP contribution < -0.4 is 0 Å². The molecule has 0 radical (unpaired) electrons. The highest BCUT2D eigenvalue weighted by Gasteiger charge is 2.74. The van der Waals surface area contributed by atoms with Crippen molar-refractivity contribution in [1.82, 2.24) is 0 Å². The van der Waals surface area contributed by atoms with Gasteiger partial charge in [0.1, 0.15) is 0 Å². The molecule has 2 saturated carbocycles. The number of carboxylic acids is 1. The maximum Gasteiger partial charge on any atom is 0.303 e. The van der Waals surface area contributed by atoms with Gasteiger partial charge in [0.25, 0.3) is 0 Å². The van der Waals surface area contributed by atoms with Gasteiger partial charge in [-0.3, -0.25) is 4.79 Å². The summed E-state index contributed by atoms with van der Waals surface area (Å²) < 4.78 is 0. The van der Waals surface area contributed by atoms with Gasteiger partial charge in [-0.05, 0) is 35.0 Å². The van der Waals surface area contributed by atoms with Crippen molar-refractivity contribution in [2.45, 2.75) is 47.0 Å². The summed E-state index contributed by atoms with van der Waals surface area (Å²) in [5.74, 6) is -0.0143. The quantitative estimate of drug-likeness (QED) is 0.753. The van der Waals surface area contributed by atoms with Crippen LogP contribution in [0, 0.1) is 22.2 Å².